The van der Waals surface area contributed by atoms with E-state index in [1.165, 1.54) is 22.2 Å². The Labute approximate surface area is 106 Å². The number of aromatic amines is 1. The summed E-state index contributed by atoms with van der Waals surface area (Å²) in [4.78, 5) is 3.56. The van der Waals surface area contributed by atoms with E-state index in [2.05, 4.69) is 37.1 Å². The van der Waals surface area contributed by atoms with Gasteiger partial charge in [-0.1, -0.05) is 17.7 Å². The summed E-state index contributed by atoms with van der Waals surface area (Å²) in [6.07, 6.45) is 1.04. The van der Waals surface area contributed by atoms with Crippen molar-refractivity contribution >= 4 is 22.5 Å². The van der Waals surface area contributed by atoms with Gasteiger partial charge in [-0.3, -0.25) is 0 Å². The second kappa shape index (κ2) is 3.50. The van der Waals surface area contributed by atoms with Gasteiger partial charge in [-0.2, -0.15) is 0 Å². The van der Waals surface area contributed by atoms with Gasteiger partial charge in [0.1, 0.15) is 0 Å². The van der Waals surface area contributed by atoms with E-state index in [9.17, 15) is 0 Å². The molecule has 0 saturated carbocycles. The van der Waals surface area contributed by atoms with E-state index in [1.807, 2.05) is 6.07 Å². The fourth-order valence-corrected chi connectivity index (χ4v) is 2.83. The molecule has 0 unspecified atom stereocenters. The summed E-state index contributed by atoms with van der Waals surface area (Å²) < 4.78 is 0. The molecule has 2 N–H and O–H groups in total. The van der Waals surface area contributed by atoms with Gasteiger partial charge in [0.25, 0.3) is 0 Å². The lowest BCUT2D eigenvalue weighted by atomic mass is 9.91. The van der Waals surface area contributed by atoms with Crippen LogP contribution in [0.5, 0.6) is 0 Å². The topological polar surface area (TPSA) is 27.8 Å². The molecular formula is C14H17ClN2. The average molecular weight is 249 g/mol. The van der Waals surface area contributed by atoms with Crippen molar-refractivity contribution in [3.63, 3.8) is 0 Å². The first kappa shape index (κ1) is 11.1. The van der Waals surface area contributed by atoms with E-state index in [1.54, 1.807) is 0 Å². The van der Waals surface area contributed by atoms with Crippen molar-refractivity contribution in [3.05, 3.63) is 34.0 Å². The molecule has 2 aromatic rings. The Morgan fingerprint density at radius 1 is 1.29 bits per heavy atom. The average Bonchev–Trinajstić information content (AvgIpc) is 2.60. The zero-order chi connectivity index (χ0) is 12.2. The second-order valence-corrected chi connectivity index (χ2v) is 6.00. The Bertz CT molecular complexity index is 596. The Morgan fingerprint density at radius 2 is 2.06 bits per heavy atom. The molecule has 1 aliphatic rings. The van der Waals surface area contributed by atoms with E-state index in [0.29, 0.717) is 0 Å². The summed E-state index contributed by atoms with van der Waals surface area (Å²) in [5.74, 6) is 0. The number of hydrogen-bond donors (Lipinski definition) is 2. The molecule has 3 heteroatoms. The van der Waals surface area contributed by atoms with Gasteiger partial charge in [-0.15, -0.1) is 0 Å². The summed E-state index contributed by atoms with van der Waals surface area (Å²) in [6.45, 7) is 7.48. The smallest absolute Gasteiger partial charge is 0.0504 e. The number of aryl methyl sites for hydroxylation is 1. The van der Waals surface area contributed by atoms with Crippen LogP contribution >= 0.6 is 11.6 Å². The molecule has 0 fully saturated rings. The van der Waals surface area contributed by atoms with Gasteiger partial charge in [0, 0.05) is 34.6 Å². The molecule has 0 amide bonds. The molecule has 1 aliphatic heterocycles. The lowest BCUT2D eigenvalue weighted by Gasteiger charge is -2.31. The third kappa shape index (κ3) is 1.67. The zero-order valence-corrected chi connectivity index (χ0v) is 11.2. The molecule has 3 rings (SSSR count). The van der Waals surface area contributed by atoms with Crippen molar-refractivity contribution in [1.82, 2.24) is 10.3 Å². The van der Waals surface area contributed by atoms with Crippen molar-refractivity contribution in [2.24, 2.45) is 0 Å². The molecule has 90 valence electrons. The lowest BCUT2D eigenvalue weighted by molar-refractivity contribution is 0.360. The predicted molar refractivity (Wildman–Crippen MR) is 72.7 cm³/mol. The number of aromatic nitrogens is 1. The quantitative estimate of drug-likeness (QED) is 0.733. The molecule has 17 heavy (non-hydrogen) atoms. The van der Waals surface area contributed by atoms with Crippen molar-refractivity contribution in [3.8, 4) is 0 Å². The van der Waals surface area contributed by atoms with Crippen LogP contribution < -0.4 is 5.32 Å². The maximum Gasteiger partial charge on any atom is 0.0504 e. The molecule has 1 aromatic heterocycles. The largest absolute Gasteiger partial charge is 0.358 e. The van der Waals surface area contributed by atoms with Crippen LogP contribution in [0.1, 0.15) is 30.7 Å². The number of nitrogens with one attached hydrogen (secondary N) is 2. The number of halogens is 1. The van der Waals surface area contributed by atoms with Crippen LogP contribution in [0, 0.1) is 6.92 Å². The zero-order valence-electron chi connectivity index (χ0n) is 10.4. The van der Waals surface area contributed by atoms with E-state index in [0.717, 1.165) is 23.6 Å². The highest BCUT2D eigenvalue weighted by Crippen LogP contribution is 2.33. The van der Waals surface area contributed by atoms with Crippen LogP contribution in [0.15, 0.2) is 12.1 Å². The Kier molecular flexibility index (Phi) is 2.29. The standard InChI is InChI=1S/C14H17ClN2/c1-8-11(15)5-4-9-10-7-16-14(2,3)6-12(10)17-13(8)9/h4-5,16-17H,6-7H2,1-3H3. The maximum atomic E-state index is 6.17. The van der Waals surface area contributed by atoms with Crippen molar-refractivity contribution < 1.29 is 0 Å². The van der Waals surface area contributed by atoms with Crippen molar-refractivity contribution in [2.45, 2.75) is 39.3 Å². The molecular weight excluding hydrogens is 232 g/mol. The van der Waals surface area contributed by atoms with E-state index in [4.69, 9.17) is 11.6 Å². The summed E-state index contributed by atoms with van der Waals surface area (Å²) in [6, 6.07) is 4.12. The highest BCUT2D eigenvalue weighted by molar-refractivity contribution is 6.32. The van der Waals surface area contributed by atoms with E-state index >= 15 is 0 Å². The summed E-state index contributed by atoms with van der Waals surface area (Å²) in [7, 11) is 0. The number of benzene rings is 1. The first-order chi connectivity index (χ1) is 7.98. The van der Waals surface area contributed by atoms with E-state index < -0.39 is 0 Å². The minimum Gasteiger partial charge on any atom is -0.358 e. The van der Waals surface area contributed by atoms with Crippen LogP contribution in [0.3, 0.4) is 0 Å². The Morgan fingerprint density at radius 3 is 2.82 bits per heavy atom. The fourth-order valence-electron chi connectivity index (χ4n) is 2.67. The number of fused-ring (bicyclic) bond motifs is 3. The molecule has 1 aromatic carbocycles. The van der Waals surface area contributed by atoms with Crippen LogP contribution in [0.2, 0.25) is 5.02 Å². The number of H-pyrrole nitrogens is 1. The monoisotopic (exact) mass is 248 g/mol. The Hall–Kier alpha value is -0.990. The van der Waals surface area contributed by atoms with Gasteiger partial charge in [0.15, 0.2) is 0 Å². The van der Waals surface area contributed by atoms with Crippen LogP contribution in [-0.2, 0) is 13.0 Å². The molecule has 2 nitrogen and oxygen atoms in total. The van der Waals surface area contributed by atoms with Crippen LogP contribution in [0.4, 0.5) is 0 Å². The SMILES string of the molecule is Cc1c(Cl)ccc2c3c([nH]c12)CC(C)(C)NC3. The van der Waals surface area contributed by atoms with Gasteiger partial charge < -0.3 is 10.3 Å². The normalized spacial score (nSPS) is 18.4. The first-order valence-electron chi connectivity index (χ1n) is 6.01. The molecule has 0 radical (unpaired) electrons. The van der Waals surface area contributed by atoms with Crippen molar-refractivity contribution in [1.29, 1.82) is 0 Å². The van der Waals surface area contributed by atoms with E-state index in [-0.39, 0.29) is 5.54 Å². The minimum absolute atomic E-state index is 0.172. The first-order valence-corrected chi connectivity index (χ1v) is 6.39. The fraction of sp³-hybridized carbons (Fsp3) is 0.429. The third-order valence-corrected chi connectivity index (χ3v) is 4.14. The van der Waals surface area contributed by atoms with Crippen LogP contribution in [-0.4, -0.2) is 10.5 Å². The Balaban J connectivity index is 2.25. The van der Waals surface area contributed by atoms with Gasteiger partial charge in [0.05, 0.1) is 5.52 Å². The second-order valence-electron chi connectivity index (χ2n) is 5.59. The molecule has 0 atom stereocenters. The molecule has 2 heterocycles. The van der Waals surface area contributed by atoms with Crippen LogP contribution in [0.25, 0.3) is 10.9 Å². The molecule has 0 aliphatic carbocycles. The predicted octanol–water partition coefficient (Wildman–Crippen LogP) is 3.55. The third-order valence-electron chi connectivity index (χ3n) is 3.73. The van der Waals surface area contributed by atoms with Gasteiger partial charge in [-0.05, 0) is 38.0 Å². The maximum absolute atomic E-state index is 6.17. The summed E-state index contributed by atoms with van der Waals surface area (Å²) >= 11 is 6.17. The molecule has 0 spiro atoms. The highest BCUT2D eigenvalue weighted by atomic mass is 35.5. The summed E-state index contributed by atoms with van der Waals surface area (Å²) in [5, 5.41) is 5.72. The highest BCUT2D eigenvalue weighted by Gasteiger charge is 2.27. The number of hydrogen-bond acceptors (Lipinski definition) is 1. The van der Waals surface area contributed by atoms with Gasteiger partial charge in [0.2, 0.25) is 0 Å². The summed E-state index contributed by atoms with van der Waals surface area (Å²) in [5.41, 5.74) is 5.28. The van der Waals surface area contributed by atoms with Gasteiger partial charge >= 0.3 is 0 Å². The number of rotatable bonds is 0. The lowest BCUT2D eigenvalue weighted by Crippen LogP contribution is -2.44. The minimum atomic E-state index is 0.172. The molecule has 0 saturated heterocycles. The molecule has 0 bridgehead atoms. The van der Waals surface area contributed by atoms with Crippen molar-refractivity contribution in [2.75, 3.05) is 0 Å². The van der Waals surface area contributed by atoms with Gasteiger partial charge in [-0.25, -0.2) is 0 Å².